The molecule has 33 heavy (non-hydrogen) atoms. The van der Waals surface area contributed by atoms with Crippen LogP contribution in [-0.2, 0) is 11.2 Å². The average Bonchev–Trinajstić information content (AvgIpc) is 3.43. The smallest absolute Gasteiger partial charge is 0.230 e. The predicted molar refractivity (Wildman–Crippen MR) is 133 cm³/mol. The molecule has 6 aromatic rings. The van der Waals surface area contributed by atoms with E-state index in [1.807, 2.05) is 73.0 Å². The normalized spacial score (nSPS) is 11.4. The van der Waals surface area contributed by atoms with Gasteiger partial charge in [-0.3, -0.25) is 14.2 Å². The number of nitrogens with zero attached hydrogens (tertiary/aromatic N) is 4. The quantitative estimate of drug-likeness (QED) is 0.378. The number of aromatic nitrogens is 4. The van der Waals surface area contributed by atoms with E-state index in [-0.39, 0.29) is 12.3 Å². The molecule has 6 nitrogen and oxygen atoms in total. The molecule has 0 bridgehead atoms. The zero-order valence-electron chi connectivity index (χ0n) is 17.8. The molecule has 0 saturated carbocycles. The van der Waals surface area contributed by atoms with Crippen molar-refractivity contribution in [3.05, 3.63) is 89.8 Å². The Morgan fingerprint density at radius 3 is 2.61 bits per heavy atom. The molecule has 4 aromatic heterocycles. The first-order valence-electron chi connectivity index (χ1n) is 10.6. The molecule has 6 rings (SSSR count). The molecule has 0 fully saturated rings. The molecule has 160 valence electrons. The van der Waals surface area contributed by atoms with Crippen LogP contribution in [0.3, 0.4) is 0 Å². The highest BCUT2D eigenvalue weighted by Crippen LogP contribution is 2.36. The molecule has 0 aliphatic rings. The number of aryl methyl sites for hydroxylation is 1. The summed E-state index contributed by atoms with van der Waals surface area (Å²) < 4.78 is 2.12. The largest absolute Gasteiger partial charge is 0.323 e. The van der Waals surface area contributed by atoms with Gasteiger partial charge in [-0.15, -0.1) is 11.3 Å². The molecule has 0 aliphatic heterocycles. The molecule has 4 heterocycles. The van der Waals surface area contributed by atoms with Crippen molar-refractivity contribution in [1.29, 1.82) is 0 Å². The summed E-state index contributed by atoms with van der Waals surface area (Å²) in [5.74, 6) is 0.768. The predicted octanol–water partition coefficient (Wildman–Crippen LogP) is 5.65. The number of amides is 1. The third kappa shape index (κ3) is 3.34. The van der Waals surface area contributed by atoms with Crippen molar-refractivity contribution in [3.63, 3.8) is 0 Å². The van der Waals surface area contributed by atoms with E-state index >= 15 is 0 Å². The Morgan fingerprint density at radius 1 is 0.970 bits per heavy atom. The van der Waals surface area contributed by atoms with Gasteiger partial charge in [0.25, 0.3) is 0 Å². The third-order valence-corrected chi connectivity index (χ3v) is 6.60. The highest BCUT2D eigenvalue weighted by atomic mass is 32.1. The van der Waals surface area contributed by atoms with Crippen molar-refractivity contribution < 1.29 is 4.79 Å². The van der Waals surface area contributed by atoms with Crippen LogP contribution in [0.2, 0.25) is 0 Å². The molecule has 1 amide bonds. The first-order chi connectivity index (χ1) is 16.2. The van der Waals surface area contributed by atoms with E-state index in [2.05, 4.69) is 25.8 Å². The zero-order chi connectivity index (χ0) is 22.4. The Kier molecular flexibility index (Phi) is 4.62. The minimum absolute atomic E-state index is 0.107. The highest BCUT2D eigenvalue weighted by Gasteiger charge is 2.19. The van der Waals surface area contributed by atoms with Gasteiger partial charge in [-0.25, -0.2) is 9.97 Å². The Hall–Kier alpha value is -4.10. The minimum Gasteiger partial charge on any atom is -0.323 e. The van der Waals surface area contributed by atoms with Gasteiger partial charge in [0.2, 0.25) is 5.91 Å². The first-order valence-corrected chi connectivity index (χ1v) is 11.5. The van der Waals surface area contributed by atoms with E-state index in [9.17, 15) is 4.79 Å². The maximum atomic E-state index is 13.1. The fraction of sp³-hybridized carbons (Fsp3) is 0.0769. The van der Waals surface area contributed by atoms with Crippen LogP contribution in [0.1, 0.15) is 11.5 Å². The maximum Gasteiger partial charge on any atom is 0.230 e. The number of nitrogens with one attached hydrogen (secondary N) is 1. The van der Waals surface area contributed by atoms with E-state index in [4.69, 9.17) is 4.98 Å². The second-order valence-corrected chi connectivity index (χ2v) is 8.69. The number of fused-ring (bicyclic) bond motifs is 5. The van der Waals surface area contributed by atoms with Crippen molar-refractivity contribution in [2.24, 2.45) is 0 Å². The molecular formula is C26H19N5OS. The Balaban J connectivity index is 1.41. The fourth-order valence-corrected chi connectivity index (χ4v) is 5.09. The molecule has 1 N–H and O–H groups in total. The van der Waals surface area contributed by atoms with Gasteiger partial charge in [-0.2, -0.15) is 0 Å². The summed E-state index contributed by atoms with van der Waals surface area (Å²) in [6.45, 7) is 1.99. The number of carbonyl (C=O) groups excluding carboxylic acids is 1. The van der Waals surface area contributed by atoms with E-state index in [0.717, 1.165) is 55.2 Å². The summed E-state index contributed by atoms with van der Waals surface area (Å²) >= 11 is 1.50. The lowest BCUT2D eigenvalue weighted by Crippen LogP contribution is -2.14. The van der Waals surface area contributed by atoms with Crippen LogP contribution in [0.5, 0.6) is 0 Å². The van der Waals surface area contributed by atoms with Gasteiger partial charge in [0.05, 0.1) is 40.0 Å². The molecule has 7 heteroatoms. The van der Waals surface area contributed by atoms with Gasteiger partial charge in [0, 0.05) is 22.3 Å². The fourth-order valence-electron chi connectivity index (χ4n) is 4.30. The van der Waals surface area contributed by atoms with Crippen LogP contribution < -0.4 is 5.32 Å². The Labute approximate surface area is 193 Å². The van der Waals surface area contributed by atoms with Crippen LogP contribution in [-0.4, -0.2) is 25.3 Å². The molecule has 2 aromatic carbocycles. The van der Waals surface area contributed by atoms with Crippen LogP contribution in [0.15, 0.2) is 78.3 Å². The average molecular weight is 450 g/mol. The molecule has 0 spiro atoms. The first kappa shape index (κ1) is 19.6. The number of anilines is 1. The molecule has 0 unspecified atom stereocenters. The number of carbonyl (C=O) groups is 1. The molecule has 0 aliphatic carbocycles. The van der Waals surface area contributed by atoms with Gasteiger partial charge in [0.1, 0.15) is 10.8 Å². The zero-order valence-corrected chi connectivity index (χ0v) is 18.6. The summed E-state index contributed by atoms with van der Waals surface area (Å²) in [4.78, 5) is 26.9. The third-order valence-electron chi connectivity index (χ3n) is 5.68. The summed E-state index contributed by atoms with van der Waals surface area (Å²) in [6, 6.07) is 21.8. The SMILES string of the molecule is Cc1nc2ccccc2c2c(NC(=O)Cc3csc(-c4ccccn4)n3)c3ccccc3n12. The number of thiazole rings is 1. The molecule has 0 atom stereocenters. The van der Waals surface area contributed by atoms with E-state index in [1.165, 1.54) is 11.3 Å². The standard InChI is InChI=1S/C26H19N5OS/c1-16-28-20-10-4-2-8-18(20)25-24(19-9-3-5-12-22(19)31(16)25)30-23(32)14-17-15-33-26(29-17)21-11-6-7-13-27-21/h2-13,15H,14H2,1H3,(H,30,32). The maximum absolute atomic E-state index is 13.1. The van der Waals surface area contributed by atoms with Crippen LogP contribution in [0, 0.1) is 6.92 Å². The molecule has 0 saturated heterocycles. The van der Waals surface area contributed by atoms with E-state index in [1.54, 1.807) is 6.20 Å². The number of benzene rings is 2. The lowest BCUT2D eigenvalue weighted by atomic mass is 10.1. The molecule has 0 radical (unpaired) electrons. The van der Waals surface area contributed by atoms with Crippen molar-refractivity contribution in [1.82, 2.24) is 19.4 Å². The van der Waals surface area contributed by atoms with Crippen molar-refractivity contribution in [2.45, 2.75) is 13.3 Å². The van der Waals surface area contributed by atoms with Crippen molar-refractivity contribution in [2.75, 3.05) is 5.32 Å². The van der Waals surface area contributed by atoms with Gasteiger partial charge in [-0.1, -0.05) is 42.5 Å². The van der Waals surface area contributed by atoms with Crippen LogP contribution in [0.4, 0.5) is 5.69 Å². The number of hydrogen-bond acceptors (Lipinski definition) is 5. The second-order valence-electron chi connectivity index (χ2n) is 7.84. The second kappa shape index (κ2) is 7.79. The lowest BCUT2D eigenvalue weighted by molar-refractivity contribution is -0.115. The molecular weight excluding hydrogens is 430 g/mol. The van der Waals surface area contributed by atoms with Crippen molar-refractivity contribution in [3.8, 4) is 10.7 Å². The van der Waals surface area contributed by atoms with Gasteiger partial charge < -0.3 is 5.32 Å². The van der Waals surface area contributed by atoms with Gasteiger partial charge in [-0.05, 0) is 31.2 Å². The topological polar surface area (TPSA) is 72.2 Å². The van der Waals surface area contributed by atoms with Crippen LogP contribution >= 0.6 is 11.3 Å². The Bertz CT molecular complexity index is 1650. The summed E-state index contributed by atoms with van der Waals surface area (Å²) in [6.07, 6.45) is 1.94. The van der Waals surface area contributed by atoms with Gasteiger partial charge in [0.15, 0.2) is 0 Å². The van der Waals surface area contributed by atoms with Crippen LogP contribution in [0.25, 0.3) is 38.0 Å². The summed E-state index contributed by atoms with van der Waals surface area (Å²) in [5, 5.41) is 7.90. The summed E-state index contributed by atoms with van der Waals surface area (Å²) in [7, 11) is 0. The van der Waals surface area contributed by atoms with Crippen molar-refractivity contribution >= 4 is 50.3 Å². The summed E-state index contributed by atoms with van der Waals surface area (Å²) in [5.41, 5.74) is 5.23. The number of pyridine rings is 1. The number of hydrogen-bond donors (Lipinski definition) is 1. The minimum atomic E-state index is -0.107. The van der Waals surface area contributed by atoms with Gasteiger partial charge >= 0.3 is 0 Å². The Morgan fingerprint density at radius 2 is 1.76 bits per heavy atom. The monoisotopic (exact) mass is 449 g/mol. The lowest BCUT2D eigenvalue weighted by Gasteiger charge is -2.09. The number of para-hydroxylation sites is 2. The van der Waals surface area contributed by atoms with E-state index in [0.29, 0.717) is 0 Å². The number of rotatable bonds is 4. The van der Waals surface area contributed by atoms with E-state index < -0.39 is 0 Å². The highest BCUT2D eigenvalue weighted by molar-refractivity contribution is 7.13.